The summed E-state index contributed by atoms with van der Waals surface area (Å²) in [7, 11) is 0. The maximum atomic E-state index is 3.69. The zero-order chi connectivity index (χ0) is 9.11. The average molecular weight is 154 g/mol. The van der Waals surface area contributed by atoms with Crippen molar-refractivity contribution in [1.82, 2.24) is 0 Å². The van der Waals surface area contributed by atoms with E-state index in [0.29, 0.717) is 0 Å². The smallest absolute Gasteiger partial charge is 0.0351 e. The number of allylic oxidation sites excluding steroid dienone is 1. The van der Waals surface area contributed by atoms with Gasteiger partial charge in [0.25, 0.3) is 0 Å². The molecule has 0 aliphatic carbocycles. The van der Waals surface area contributed by atoms with Gasteiger partial charge in [-0.05, 0) is 18.8 Å². The summed E-state index contributed by atoms with van der Waals surface area (Å²) in [5.74, 6) is 0.896. The molecule has 11 heavy (non-hydrogen) atoms. The highest BCUT2D eigenvalue weighted by molar-refractivity contribution is 4.67. The molecule has 0 aromatic heterocycles. The molecular formula is C11H22. The number of hydrogen-bond donors (Lipinski definition) is 0. The Balaban J connectivity index is 0. The summed E-state index contributed by atoms with van der Waals surface area (Å²) in [6, 6.07) is 0. The molecule has 0 saturated carbocycles. The molecule has 0 bridgehead atoms. The molecule has 1 atom stereocenters. The fraction of sp³-hybridized carbons (Fsp3) is 0.636. The molecule has 0 radical (unpaired) electrons. The zero-order valence-corrected chi connectivity index (χ0v) is 8.10. The average Bonchev–Trinajstić information content (AvgIpc) is 2.05. The second kappa shape index (κ2) is 12.2. The maximum Gasteiger partial charge on any atom is -0.0351 e. The Kier molecular flexibility index (Phi) is 14.5. The maximum absolute atomic E-state index is 3.69. The molecule has 66 valence electrons. The van der Waals surface area contributed by atoms with E-state index in [2.05, 4.69) is 33.6 Å². The molecule has 0 rings (SSSR count). The van der Waals surface area contributed by atoms with Crippen LogP contribution in [0.15, 0.2) is 25.8 Å². The van der Waals surface area contributed by atoms with Gasteiger partial charge < -0.3 is 0 Å². The van der Waals surface area contributed by atoms with Gasteiger partial charge in [-0.2, -0.15) is 0 Å². The Bertz CT molecular complexity index is 74.1. The Labute approximate surface area is 72.0 Å². The first-order valence-electron chi connectivity index (χ1n) is 4.42. The first kappa shape index (κ1) is 13.1. The van der Waals surface area contributed by atoms with E-state index in [4.69, 9.17) is 0 Å². The van der Waals surface area contributed by atoms with Crippen LogP contribution in [0.5, 0.6) is 0 Å². The van der Waals surface area contributed by atoms with Gasteiger partial charge in [-0.25, -0.2) is 0 Å². The SMILES string of the molecule is C=C.C=CCCC(C)CCC. The number of rotatable bonds is 5. The molecule has 0 N–H and O–H groups in total. The Morgan fingerprint density at radius 2 is 1.82 bits per heavy atom. The van der Waals surface area contributed by atoms with Crippen molar-refractivity contribution in [3.05, 3.63) is 25.8 Å². The van der Waals surface area contributed by atoms with Crippen LogP contribution < -0.4 is 0 Å². The highest BCUT2D eigenvalue weighted by Gasteiger charge is 1.96. The van der Waals surface area contributed by atoms with Crippen LogP contribution in [-0.4, -0.2) is 0 Å². The first-order valence-corrected chi connectivity index (χ1v) is 4.42. The van der Waals surface area contributed by atoms with Gasteiger partial charge in [-0.15, -0.1) is 19.7 Å². The zero-order valence-electron chi connectivity index (χ0n) is 8.10. The van der Waals surface area contributed by atoms with Crippen LogP contribution in [0.2, 0.25) is 0 Å². The van der Waals surface area contributed by atoms with Crippen molar-refractivity contribution in [3.63, 3.8) is 0 Å². The second-order valence-electron chi connectivity index (χ2n) is 2.76. The van der Waals surface area contributed by atoms with Crippen molar-refractivity contribution in [3.8, 4) is 0 Å². The lowest BCUT2D eigenvalue weighted by Gasteiger charge is -2.05. The number of hydrogen-bond acceptors (Lipinski definition) is 0. The van der Waals surface area contributed by atoms with Crippen LogP contribution in [0.25, 0.3) is 0 Å². The summed E-state index contributed by atoms with van der Waals surface area (Å²) in [5, 5.41) is 0. The molecule has 0 aliphatic heterocycles. The third-order valence-electron chi connectivity index (χ3n) is 1.65. The van der Waals surface area contributed by atoms with Gasteiger partial charge >= 0.3 is 0 Å². The summed E-state index contributed by atoms with van der Waals surface area (Å²) in [5.41, 5.74) is 0. The van der Waals surface area contributed by atoms with Crippen molar-refractivity contribution in [1.29, 1.82) is 0 Å². The Morgan fingerprint density at radius 1 is 1.27 bits per heavy atom. The molecule has 0 heterocycles. The van der Waals surface area contributed by atoms with Crippen molar-refractivity contribution in [2.24, 2.45) is 5.92 Å². The summed E-state index contributed by atoms with van der Waals surface area (Å²) in [6.45, 7) is 14.2. The molecule has 0 fully saturated rings. The van der Waals surface area contributed by atoms with E-state index >= 15 is 0 Å². The lowest BCUT2D eigenvalue weighted by atomic mass is 10.0. The largest absolute Gasteiger partial charge is 0.106 e. The van der Waals surface area contributed by atoms with Gasteiger partial charge in [0, 0.05) is 0 Å². The monoisotopic (exact) mass is 154 g/mol. The highest BCUT2D eigenvalue weighted by Crippen LogP contribution is 2.11. The summed E-state index contributed by atoms with van der Waals surface area (Å²) in [6.07, 6.45) is 7.19. The van der Waals surface area contributed by atoms with E-state index in [1.807, 2.05) is 6.08 Å². The fourth-order valence-corrected chi connectivity index (χ4v) is 1.04. The Morgan fingerprint density at radius 3 is 2.18 bits per heavy atom. The van der Waals surface area contributed by atoms with E-state index in [9.17, 15) is 0 Å². The lowest BCUT2D eigenvalue weighted by molar-refractivity contribution is 0.491. The molecule has 0 aromatic rings. The molecule has 0 aromatic carbocycles. The minimum Gasteiger partial charge on any atom is -0.106 e. The van der Waals surface area contributed by atoms with Crippen LogP contribution in [0.3, 0.4) is 0 Å². The van der Waals surface area contributed by atoms with Crippen molar-refractivity contribution >= 4 is 0 Å². The summed E-state index contributed by atoms with van der Waals surface area (Å²) >= 11 is 0. The lowest BCUT2D eigenvalue weighted by Crippen LogP contribution is -1.91. The van der Waals surface area contributed by atoms with Gasteiger partial charge in [0.05, 0.1) is 0 Å². The van der Waals surface area contributed by atoms with E-state index in [0.717, 1.165) is 5.92 Å². The molecule has 0 heteroatoms. The molecule has 0 amide bonds. The van der Waals surface area contributed by atoms with E-state index < -0.39 is 0 Å². The Hall–Kier alpha value is -0.520. The van der Waals surface area contributed by atoms with Crippen LogP contribution in [0.1, 0.15) is 39.5 Å². The van der Waals surface area contributed by atoms with Gasteiger partial charge in [0.15, 0.2) is 0 Å². The van der Waals surface area contributed by atoms with Crippen LogP contribution in [-0.2, 0) is 0 Å². The topological polar surface area (TPSA) is 0 Å². The van der Waals surface area contributed by atoms with Crippen molar-refractivity contribution < 1.29 is 0 Å². The predicted molar refractivity (Wildman–Crippen MR) is 54.8 cm³/mol. The quantitative estimate of drug-likeness (QED) is 0.521. The van der Waals surface area contributed by atoms with Gasteiger partial charge in [0.2, 0.25) is 0 Å². The third-order valence-corrected chi connectivity index (χ3v) is 1.65. The molecule has 1 unspecified atom stereocenters. The highest BCUT2D eigenvalue weighted by atomic mass is 14.0. The van der Waals surface area contributed by atoms with E-state index in [1.165, 1.54) is 25.7 Å². The second-order valence-corrected chi connectivity index (χ2v) is 2.76. The molecule has 0 aliphatic rings. The van der Waals surface area contributed by atoms with E-state index in [1.54, 1.807) is 0 Å². The molecular weight excluding hydrogens is 132 g/mol. The molecule has 0 nitrogen and oxygen atoms in total. The van der Waals surface area contributed by atoms with Crippen LogP contribution >= 0.6 is 0 Å². The predicted octanol–water partition coefficient (Wildman–Crippen LogP) is 4.19. The van der Waals surface area contributed by atoms with Crippen LogP contribution in [0.4, 0.5) is 0 Å². The van der Waals surface area contributed by atoms with Crippen molar-refractivity contribution in [2.45, 2.75) is 39.5 Å². The van der Waals surface area contributed by atoms with Crippen molar-refractivity contribution in [2.75, 3.05) is 0 Å². The minimum absolute atomic E-state index is 0.896. The van der Waals surface area contributed by atoms with Gasteiger partial charge in [-0.1, -0.05) is 32.8 Å². The standard InChI is InChI=1S/C9H18.C2H4/c1-4-6-8-9(3)7-5-2;1-2/h4,9H,1,5-8H2,2-3H3;1-2H2. The minimum atomic E-state index is 0.896. The fourth-order valence-electron chi connectivity index (χ4n) is 1.04. The third kappa shape index (κ3) is 12.6. The molecule has 0 saturated heterocycles. The van der Waals surface area contributed by atoms with Gasteiger partial charge in [0.1, 0.15) is 0 Å². The van der Waals surface area contributed by atoms with Gasteiger partial charge in [-0.3, -0.25) is 0 Å². The summed E-state index contributed by atoms with van der Waals surface area (Å²) in [4.78, 5) is 0. The molecule has 0 spiro atoms. The van der Waals surface area contributed by atoms with E-state index in [-0.39, 0.29) is 0 Å². The summed E-state index contributed by atoms with van der Waals surface area (Å²) < 4.78 is 0. The first-order chi connectivity index (χ1) is 5.31. The normalized spacial score (nSPS) is 11.1. The van der Waals surface area contributed by atoms with Crippen LogP contribution in [0, 0.1) is 5.92 Å².